The third kappa shape index (κ3) is 5.07. The Morgan fingerprint density at radius 2 is 2.12 bits per heavy atom. The smallest absolute Gasteiger partial charge is 0.301 e. The number of carbonyl (C=O) groups excluding carboxylic acids is 1. The average Bonchev–Trinajstić information content (AvgIpc) is 2.85. The van der Waals surface area contributed by atoms with Crippen LogP contribution in [0, 0.1) is 11.3 Å². The number of aromatic nitrogens is 3. The largest absolute Gasteiger partial charge is 0.483 e. The van der Waals surface area contributed by atoms with Crippen molar-refractivity contribution in [1.82, 2.24) is 19.9 Å². The second-order valence-corrected chi connectivity index (χ2v) is 7.56. The van der Waals surface area contributed by atoms with Crippen LogP contribution in [0.25, 0.3) is 11.3 Å². The lowest BCUT2D eigenvalue weighted by Crippen LogP contribution is -2.55. The molecular weight excluding hydrogens is 446 g/mol. The Balaban J connectivity index is 1.52. The number of ether oxygens (including phenoxy) is 1. The number of aliphatic hydroxyl groups is 1. The third-order valence-electron chi connectivity index (χ3n) is 5.25. The number of anilines is 2. The van der Waals surface area contributed by atoms with E-state index in [1.165, 1.54) is 12.1 Å². The van der Waals surface area contributed by atoms with E-state index in [4.69, 9.17) is 9.84 Å². The Labute approximate surface area is 193 Å². The number of alkyl halides is 2. The topological polar surface area (TPSA) is 124 Å². The Morgan fingerprint density at radius 1 is 1.26 bits per heavy atom. The van der Waals surface area contributed by atoms with E-state index >= 15 is 0 Å². The fraction of sp³-hybridized carbons (Fsp3) is 0.261. The first-order valence-electron chi connectivity index (χ1n) is 10.4. The van der Waals surface area contributed by atoms with Gasteiger partial charge in [0.15, 0.2) is 6.10 Å². The number of piperidine rings is 1. The van der Waals surface area contributed by atoms with Crippen molar-refractivity contribution in [3.63, 3.8) is 0 Å². The van der Waals surface area contributed by atoms with Crippen molar-refractivity contribution in [2.45, 2.75) is 18.4 Å². The van der Waals surface area contributed by atoms with Crippen LogP contribution in [-0.2, 0) is 4.79 Å². The summed E-state index contributed by atoms with van der Waals surface area (Å²) in [5.41, 5.74) is 1.16. The summed E-state index contributed by atoms with van der Waals surface area (Å²) in [5.74, 6) is -3.22. The van der Waals surface area contributed by atoms with Gasteiger partial charge in [0.1, 0.15) is 24.2 Å². The molecule has 0 spiro atoms. The number of likely N-dealkylation sites (tertiary alicyclic amines) is 1. The van der Waals surface area contributed by atoms with Gasteiger partial charge in [-0.25, -0.2) is 23.7 Å². The van der Waals surface area contributed by atoms with Gasteiger partial charge < -0.3 is 20.1 Å². The fourth-order valence-electron chi connectivity index (χ4n) is 3.54. The van der Waals surface area contributed by atoms with Gasteiger partial charge in [-0.2, -0.15) is 5.26 Å². The molecule has 1 fully saturated rings. The zero-order valence-electron chi connectivity index (χ0n) is 17.9. The number of halogens is 2. The number of amides is 1. The molecule has 174 valence electrons. The van der Waals surface area contributed by atoms with Crippen molar-refractivity contribution >= 4 is 17.7 Å². The van der Waals surface area contributed by atoms with Gasteiger partial charge in [-0.1, -0.05) is 6.07 Å². The number of benzene rings is 1. The average molecular weight is 466 g/mol. The Kier molecular flexibility index (Phi) is 6.60. The molecule has 3 aromatic rings. The number of carbonyl (C=O) groups is 1. The Bertz CT molecular complexity index is 1220. The minimum atomic E-state index is -3.34. The molecular formula is C23H20F2N6O3. The highest BCUT2D eigenvalue weighted by atomic mass is 19.3. The molecule has 0 saturated carbocycles. The van der Waals surface area contributed by atoms with Crippen molar-refractivity contribution < 1.29 is 23.4 Å². The normalized spacial score (nSPS) is 17.0. The van der Waals surface area contributed by atoms with E-state index in [0.717, 1.165) is 4.90 Å². The van der Waals surface area contributed by atoms with Gasteiger partial charge in [-0.05, 0) is 36.4 Å². The highest BCUT2D eigenvalue weighted by molar-refractivity contribution is 5.77. The number of hydrogen-bond donors (Lipinski definition) is 2. The molecule has 11 heteroatoms. The number of nitriles is 1. The zero-order chi connectivity index (χ0) is 24.1. The van der Waals surface area contributed by atoms with Gasteiger partial charge in [-0.15, -0.1) is 0 Å². The van der Waals surface area contributed by atoms with Crippen LogP contribution in [-0.4, -0.2) is 62.6 Å². The van der Waals surface area contributed by atoms with Crippen LogP contribution in [0.1, 0.15) is 12.0 Å². The summed E-state index contributed by atoms with van der Waals surface area (Å²) < 4.78 is 34.7. The molecule has 1 saturated heterocycles. The first kappa shape index (κ1) is 23.0. The van der Waals surface area contributed by atoms with Crippen molar-refractivity contribution in [2.24, 2.45) is 0 Å². The number of hydrogen-bond acceptors (Lipinski definition) is 8. The van der Waals surface area contributed by atoms with E-state index in [-0.39, 0.29) is 24.3 Å². The van der Waals surface area contributed by atoms with E-state index < -0.39 is 31.1 Å². The first-order chi connectivity index (χ1) is 16.4. The van der Waals surface area contributed by atoms with E-state index in [2.05, 4.69) is 20.3 Å². The summed E-state index contributed by atoms with van der Waals surface area (Å²) in [6, 6.07) is 13.6. The molecule has 9 nitrogen and oxygen atoms in total. The minimum absolute atomic E-state index is 0.0127. The molecule has 1 unspecified atom stereocenters. The van der Waals surface area contributed by atoms with Gasteiger partial charge in [0.05, 0.1) is 17.8 Å². The van der Waals surface area contributed by atoms with Gasteiger partial charge in [0.2, 0.25) is 11.9 Å². The molecule has 1 amide bonds. The molecule has 1 aliphatic heterocycles. The SMILES string of the molecule is N#Cc1cc(-c2ccnc(Nc3ccccn3)n2)ccc1OC1CCN(C(=O)CO)CC1(F)F. The van der Waals surface area contributed by atoms with Crippen LogP contribution in [0.5, 0.6) is 5.75 Å². The second-order valence-electron chi connectivity index (χ2n) is 7.56. The summed E-state index contributed by atoms with van der Waals surface area (Å²) in [7, 11) is 0. The Morgan fingerprint density at radius 3 is 2.82 bits per heavy atom. The number of rotatable bonds is 6. The summed E-state index contributed by atoms with van der Waals surface area (Å²) in [5, 5.41) is 21.5. The molecule has 3 heterocycles. The monoisotopic (exact) mass is 466 g/mol. The van der Waals surface area contributed by atoms with Gasteiger partial charge in [0, 0.05) is 30.9 Å². The van der Waals surface area contributed by atoms with E-state index in [0.29, 0.717) is 23.0 Å². The highest BCUT2D eigenvalue weighted by Crippen LogP contribution is 2.33. The quantitative estimate of drug-likeness (QED) is 0.568. The van der Waals surface area contributed by atoms with Crippen molar-refractivity contribution in [3.8, 4) is 23.1 Å². The standard InChI is InChI=1S/C23H20F2N6O3/c24-23(25)14-31(21(33)13-32)10-7-19(23)34-18-5-4-15(11-16(18)12-26)17-6-9-28-22(29-17)30-20-3-1-2-8-27-20/h1-6,8-9,11,19,32H,7,10,13-14H2,(H,27,28,29,30). The van der Waals surface area contributed by atoms with E-state index in [1.807, 2.05) is 12.1 Å². The lowest BCUT2D eigenvalue weighted by atomic mass is 10.0. The summed E-state index contributed by atoms with van der Waals surface area (Å²) >= 11 is 0. The molecule has 1 aliphatic rings. The highest BCUT2D eigenvalue weighted by Gasteiger charge is 2.47. The molecule has 4 rings (SSSR count). The number of pyridine rings is 1. The van der Waals surface area contributed by atoms with Gasteiger partial charge in [-0.3, -0.25) is 4.79 Å². The van der Waals surface area contributed by atoms with Gasteiger partial charge in [0.25, 0.3) is 0 Å². The lowest BCUT2D eigenvalue weighted by molar-refractivity contribution is -0.161. The van der Waals surface area contributed by atoms with Crippen molar-refractivity contribution in [2.75, 3.05) is 25.0 Å². The van der Waals surface area contributed by atoms with Crippen LogP contribution in [0.3, 0.4) is 0 Å². The van der Waals surface area contributed by atoms with Crippen molar-refractivity contribution in [1.29, 1.82) is 5.26 Å². The molecule has 0 aliphatic carbocycles. The number of nitrogens with zero attached hydrogens (tertiary/aromatic N) is 5. The molecule has 1 aromatic carbocycles. The molecule has 0 radical (unpaired) electrons. The van der Waals surface area contributed by atoms with Crippen molar-refractivity contribution in [3.05, 3.63) is 60.4 Å². The van der Waals surface area contributed by atoms with Crippen LogP contribution in [0.2, 0.25) is 0 Å². The first-order valence-corrected chi connectivity index (χ1v) is 10.4. The summed E-state index contributed by atoms with van der Waals surface area (Å²) in [6.07, 6.45) is 1.52. The maximum atomic E-state index is 14.6. The van der Waals surface area contributed by atoms with Gasteiger partial charge >= 0.3 is 5.92 Å². The van der Waals surface area contributed by atoms with Crippen LogP contribution < -0.4 is 10.1 Å². The zero-order valence-corrected chi connectivity index (χ0v) is 17.9. The minimum Gasteiger partial charge on any atom is -0.483 e. The molecule has 1 atom stereocenters. The van der Waals surface area contributed by atoms with E-state index in [1.54, 1.807) is 36.7 Å². The maximum Gasteiger partial charge on any atom is 0.301 e. The maximum absolute atomic E-state index is 14.6. The predicted molar refractivity (Wildman–Crippen MR) is 117 cm³/mol. The number of aliphatic hydroxyl groups excluding tert-OH is 1. The fourth-order valence-corrected chi connectivity index (χ4v) is 3.54. The second kappa shape index (κ2) is 9.76. The molecule has 2 aromatic heterocycles. The molecule has 34 heavy (non-hydrogen) atoms. The third-order valence-corrected chi connectivity index (χ3v) is 5.25. The predicted octanol–water partition coefficient (Wildman–Crippen LogP) is 2.76. The molecule has 0 bridgehead atoms. The summed E-state index contributed by atoms with van der Waals surface area (Å²) in [6.45, 7) is -1.67. The Hall–Kier alpha value is -4.17. The van der Waals surface area contributed by atoms with E-state index in [9.17, 15) is 18.8 Å². The number of nitrogens with one attached hydrogen (secondary N) is 1. The molecule has 2 N–H and O–H groups in total. The summed E-state index contributed by atoms with van der Waals surface area (Å²) in [4.78, 5) is 25.2. The lowest BCUT2D eigenvalue weighted by Gasteiger charge is -2.38. The van der Waals surface area contributed by atoms with Crippen LogP contribution in [0.15, 0.2) is 54.9 Å². The van der Waals surface area contributed by atoms with Crippen LogP contribution >= 0.6 is 0 Å². The van der Waals surface area contributed by atoms with Crippen LogP contribution in [0.4, 0.5) is 20.5 Å².